The quantitative estimate of drug-likeness (QED) is 0.171. The van der Waals surface area contributed by atoms with Gasteiger partial charge in [-0.3, -0.25) is 0 Å². The van der Waals surface area contributed by atoms with Gasteiger partial charge < -0.3 is 4.90 Å². The molecular weight excluding hydrogens is 747 g/mol. The molecule has 8 aromatic rings. The molecule has 304 valence electrons. The average molecular weight is 805 g/mol. The molecule has 8 aromatic carbocycles. The molecule has 0 bridgehead atoms. The van der Waals surface area contributed by atoms with Gasteiger partial charge in [0, 0.05) is 26.5 Å². The molecule has 0 saturated carbocycles. The maximum atomic E-state index is 8.10. The predicted molar refractivity (Wildman–Crippen MR) is 263 cm³/mol. The van der Waals surface area contributed by atoms with Gasteiger partial charge in [0.25, 0.3) is 0 Å². The highest BCUT2D eigenvalue weighted by atomic mass is 15.1. The first kappa shape index (κ1) is 35.2. The van der Waals surface area contributed by atoms with Gasteiger partial charge in [0.1, 0.15) is 0 Å². The summed E-state index contributed by atoms with van der Waals surface area (Å²) in [5.74, 6) is 0. The van der Waals surface area contributed by atoms with Crippen LogP contribution >= 0.6 is 0 Å². The van der Waals surface area contributed by atoms with E-state index in [-0.39, 0.29) is 16.2 Å². The van der Waals surface area contributed by atoms with Crippen molar-refractivity contribution in [3.8, 4) is 44.5 Å². The molecule has 0 atom stereocenters. The summed E-state index contributed by atoms with van der Waals surface area (Å²) in [5.41, 5.74) is 22.9. The summed E-state index contributed by atoms with van der Waals surface area (Å²) in [5, 5.41) is 0. The molecule has 3 aliphatic rings. The fourth-order valence-corrected chi connectivity index (χ4v) is 11.1. The Hall–Kier alpha value is -6.44. The Morgan fingerprint density at radius 3 is 1.40 bits per heavy atom. The largest absolute Gasteiger partial charge is 0.310 e. The number of para-hydroxylation sites is 1. The number of hydrogen-bond donors (Lipinski definition) is 0. The lowest BCUT2D eigenvalue weighted by molar-refractivity contribution is 0.586. The van der Waals surface area contributed by atoms with Gasteiger partial charge in [-0.15, -0.1) is 0 Å². The Morgan fingerprint density at radius 1 is 0.403 bits per heavy atom. The number of hydrogen-bond acceptors (Lipinski definition) is 1. The van der Waals surface area contributed by atoms with Crippen LogP contribution in [0.5, 0.6) is 0 Å². The fraction of sp³-hybridized carbons (Fsp3) is 0.213. The lowest BCUT2D eigenvalue weighted by Crippen LogP contribution is -2.27. The summed E-state index contributed by atoms with van der Waals surface area (Å²) < 4.78 is 24.3. The second kappa shape index (κ2) is 13.3. The average Bonchev–Trinajstić information content (AvgIpc) is 3.83. The molecule has 0 fully saturated rings. The van der Waals surface area contributed by atoms with E-state index in [1.165, 1.54) is 77.9 Å². The normalized spacial score (nSPS) is 15.7. The van der Waals surface area contributed by atoms with Crippen molar-refractivity contribution in [1.82, 2.24) is 0 Å². The van der Waals surface area contributed by atoms with Gasteiger partial charge in [0.05, 0.1) is 11.1 Å². The van der Waals surface area contributed by atoms with E-state index in [1.54, 1.807) is 12.1 Å². The van der Waals surface area contributed by atoms with Gasteiger partial charge in [-0.05, 0) is 131 Å². The Morgan fingerprint density at radius 2 is 0.839 bits per heavy atom. The Labute approximate surface area is 373 Å². The van der Waals surface area contributed by atoms with Crippen LogP contribution in [0.1, 0.15) is 110 Å². The smallest absolute Gasteiger partial charge is 0.0726 e. The van der Waals surface area contributed by atoms with Gasteiger partial charge >= 0.3 is 0 Å². The van der Waals surface area contributed by atoms with E-state index in [2.05, 4.69) is 206 Å². The summed E-state index contributed by atoms with van der Waals surface area (Å²) in [4.78, 5) is 2.44. The van der Waals surface area contributed by atoms with Crippen molar-refractivity contribution in [2.45, 2.75) is 83.9 Å². The van der Waals surface area contributed by atoms with Crippen molar-refractivity contribution >= 4 is 17.1 Å². The highest BCUT2D eigenvalue weighted by Crippen LogP contribution is 2.64. The van der Waals surface area contributed by atoms with Crippen LogP contribution < -0.4 is 4.90 Å². The van der Waals surface area contributed by atoms with Crippen LogP contribution in [-0.2, 0) is 21.7 Å². The lowest BCUT2D eigenvalue weighted by atomic mass is 9.68. The molecule has 3 aliphatic carbocycles. The standard InChI is InChI=1S/C61H55N/c1-38-22-24-39(25-23-38)44-16-12-15-21-57(44)62(42-28-32-47-45-17-10-13-19-51(45)60(8,9)53(47)36-42)43-29-33-50-46-18-11-14-20-52(46)61(56(50)37-43)54-34-40(58(2,3)4)26-30-48(54)49-31-27-41(35-55(49)61)59(5,6)7/h10-37H,1-9H3/i1D3. The van der Waals surface area contributed by atoms with E-state index in [1.807, 2.05) is 12.1 Å². The molecular formula is C61H55N. The molecule has 11 rings (SSSR count). The minimum absolute atomic E-state index is 0.0480. The topological polar surface area (TPSA) is 3.24 Å². The SMILES string of the molecule is [2H]C([2H])([2H])c1ccc(-c2ccccc2N(c2ccc3c(c2)C(C)(C)c2ccccc2-3)c2ccc3c(c2)C2(c4ccccc4-3)c3cc(C(C)(C)C)ccc3-c3ccc(C(C)(C)C)cc32)cc1. The maximum absolute atomic E-state index is 8.10. The zero-order valence-corrected chi connectivity index (χ0v) is 37.1. The van der Waals surface area contributed by atoms with Gasteiger partial charge in [-0.25, -0.2) is 0 Å². The number of anilines is 3. The van der Waals surface area contributed by atoms with Crippen LogP contribution in [0.25, 0.3) is 44.5 Å². The van der Waals surface area contributed by atoms with Gasteiger partial charge in [0.15, 0.2) is 0 Å². The second-order valence-electron chi connectivity index (χ2n) is 20.4. The summed E-state index contributed by atoms with van der Waals surface area (Å²) >= 11 is 0. The molecule has 0 aromatic heterocycles. The third-order valence-corrected chi connectivity index (χ3v) is 14.3. The molecule has 0 amide bonds. The molecule has 0 radical (unpaired) electrons. The van der Waals surface area contributed by atoms with Crippen LogP contribution in [0.4, 0.5) is 17.1 Å². The highest BCUT2D eigenvalue weighted by Gasteiger charge is 2.52. The van der Waals surface area contributed by atoms with E-state index in [0.717, 1.165) is 28.2 Å². The van der Waals surface area contributed by atoms with Crippen molar-refractivity contribution in [3.63, 3.8) is 0 Å². The van der Waals surface area contributed by atoms with E-state index in [0.29, 0.717) is 5.56 Å². The number of fused-ring (bicyclic) bond motifs is 13. The Balaban J connectivity index is 1.20. The third kappa shape index (κ3) is 5.46. The molecule has 62 heavy (non-hydrogen) atoms. The van der Waals surface area contributed by atoms with E-state index < -0.39 is 12.3 Å². The van der Waals surface area contributed by atoms with Gasteiger partial charge in [-0.2, -0.15) is 0 Å². The molecule has 0 saturated heterocycles. The zero-order chi connectivity index (χ0) is 45.4. The van der Waals surface area contributed by atoms with Crippen molar-refractivity contribution in [2.75, 3.05) is 4.90 Å². The molecule has 0 N–H and O–H groups in total. The Kier molecular flexibility index (Phi) is 7.54. The molecule has 0 unspecified atom stereocenters. The first-order valence-electron chi connectivity index (χ1n) is 23.7. The van der Waals surface area contributed by atoms with Crippen LogP contribution in [0.3, 0.4) is 0 Å². The highest BCUT2D eigenvalue weighted by molar-refractivity contribution is 5.98. The molecule has 1 heteroatoms. The van der Waals surface area contributed by atoms with Crippen LogP contribution in [0.15, 0.2) is 170 Å². The van der Waals surface area contributed by atoms with Crippen LogP contribution in [-0.4, -0.2) is 0 Å². The number of aryl methyl sites for hydroxylation is 1. The first-order chi connectivity index (χ1) is 30.9. The number of nitrogens with zero attached hydrogens (tertiary/aromatic N) is 1. The van der Waals surface area contributed by atoms with E-state index >= 15 is 0 Å². The van der Waals surface area contributed by atoms with Crippen molar-refractivity contribution in [3.05, 3.63) is 220 Å². The van der Waals surface area contributed by atoms with Crippen molar-refractivity contribution in [2.24, 2.45) is 0 Å². The Bertz CT molecular complexity index is 3180. The van der Waals surface area contributed by atoms with Crippen LogP contribution in [0, 0.1) is 6.85 Å². The lowest BCUT2D eigenvalue weighted by Gasteiger charge is -2.34. The van der Waals surface area contributed by atoms with Gasteiger partial charge in [0.2, 0.25) is 0 Å². The molecule has 0 aliphatic heterocycles. The summed E-state index contributed by atoms with van der Waals surface area (Å²) in [6, 6.07) is 62.6. The third-order valence-electron chi connectivity index (χ3n) is 14.3. The molecule has 1 nitrogen and oxygen atoms in total. The maximum Gasteiger partial charge on any atom is 0.0726 e. The van der Waals surface area contributed by atoms with E-state index in [4.69, 9.17) is 4.11 Å². The van der Waals surface area contributed by atoms with Crippen molar-refractivity contribution in [1.29, 1.82) is 0 Å². The minimum Gasteiger partial charge on any atom is -0.310 e. The minimum atomic E-state index is -2.18. The predicted octanol–water partition coefficient (Wildman–Crippen LogP) is 16.4. The van der Waals surface area contributed by atoms with E-state index in [9.17, 15) is 0 Å². The fourth-order valence-electron chi connectivity index (χ4n) is 11.1. The molecule has 0 heterocycles. The summed E-state index contributed by atoms with van der Waals surface area (Å²) in [6.07, 6.45) is 0. The molecule has 1 spiro atoms. The number of rotatable bonds is 4. The second-order valence-corrected chi connectivity index (χ2v) is 20.4. The van der Waals surface area contributed by atoms with Crippen molar-refractivity contribution < 1.29 is 4.11 Å². The monoisotopic (exact) mass is 804 g/mol. The number of benzene rings is 8. The summed E-state index contributed by atoms with van der Waals surface area (Å²) in [6.45, 7) is 16.4. The first-order valence-corrected chi connectivity index (χ1v) is 22.2. The van der Waals surface area contributed by atoms with Gasteiger partial charge in [-0.1, -0.05) is 200 Å². The zero-order valence-electron chi connectivity index (χ0n) is 40.1. The van der Waals surface area contributed by atoms with Crippen LogP contribution in [0.2, 0.25) is 0 Å². The summed E-state index contributed by atoms with van der Waals surface area (Å²) in [7, 11) is 0.